The molecule has 2 heterocycles. The van der Waals surface area contributed by atoms with Crippen LogP contribution in [0.3, 0.4) is 0 Å². The van der Waals surface area contributed by atoms with Gasteiger partial charge in [0.2, 0.25) is 17.8 Å². The second kappa shape index (κ2) is 9.62. The summed E-state index contributed by atoms with van der Waals surface area (Å²) in [6, 6.07) is 22.4. The highest BCUT2D eigenvalue weighted by Gasteiger charge is 2.17. The van der Waals surface area contributed by atoms with E-state index in [0.29, 0.717) is 31.1 Å². The molecule has 4 aromatic rings. The van der Waals surface area contributed by atoms with Crippen LogP contribution in [-0.4, -0.2) is 47.5 Å². The van der Waals surface area contributed by atoms with Crippen molar-refractivity contribution >= 4 is 40.5 Å². The van der Waals surface area contributed by atoms with Gasteiger partial charge in [0.1, 0.15) is 0 Å². The molecule has 0 unspecified atom stereocenters. The lowest BCUT2D eigenvalue weighted by molar-refractivity contribution is 0.122. The number of morpholine rings is 1. The molecule has 1 aliphatic heterocycles. The lowest BCUT2D eigenvalue weighted by Crippen LogP contribution is -2.37. The van der Waals surface area contributed by atoms with Gasteiger partial charge in [-0.1, -0.05) is 60.7 Å². The number of fused-ring (bicyclic) bond motifs is 1. The maximum atomic E-state index is 5.48. The second-order valence-electron chi connectivity index (χ2n) is 7.76. The maximum Gasteiger partial charge on any atom is 0.250 e. The van der Waals surface area contributed by atoms with Gasteiger partial charge in [-0.2, -0.15) is 20.1 Å². The predicted octanol–water partition coefficient (Wildman–Crippen LogP) is 4.36. The molecule has 1 saturated heterocycles. The van der Waals surface area contributed by atoms with Gasteiger partial charge in [-0.3, -0.25) is 0 Å². The number of aryl methyl sites for hydroxylation is 1. The lowest BCUT2D eigenvalue weighted by atomic mass is 10.1. The number of aromatic nitrogens is 3. The topological polar surface area (TPSA) is 87.6 Å². The number of benzene rings is 3. The lowest BCUT2D eigenvalue weighted by Gasteiger charge is -2.27. The standard InChI is InChI=1S/C25H25N7O/c1-18-7-2-3-9-20(18)17-26-31-24-28-23(29-25(30-24)32-13-15-33-16-14-32)27-22-12-6-10-19-8-4-5-11-21(19)22/h2-12,17H,13-16H2,1H3,(H2,27,28,29,30,31). The third kappa shape index (κ3) is 4.91. The molecular formula is C25H25N7O. The zero-order chi connectivity index (χ0) is 22.5. The molecule has 2 N–H and O–H groups in total. The van der Waals surface area contributed by atoms with Crippen LogP contribution in [0, 0.1) is 6.92 Å². The van der Waals surface area contributed by atoms with Crippen molar-refractivity contribution in [2.45, 2.75) is 6.92 Å². The molecule has 1 aliphatic rings. The molecule has 8 nitrogen and oxygen atoms in total. The fraction of sp³-hybridized carbons (Fsp3) is 0.200. The van der Waals surface area contributed by atoms with Crippen LogP contribution in [0.4, 0.5) is 23.5 Å². The van der Waals surface area contributed by atoms with E-state index in [-0.39, 0.29) is 0 Å². The van der Waals surface area contributed by atoms with E-state index in [1.54, 1.807) is 6.21 Å². The first kappa shape index (κ1) is 20.8. The summed E-state index contributed by atoms with van der Waals surface area (Å²) in [6.07, 6.45) is 1.77. The van der Waals surface area contributed by atoms with Gasteiger partial charge in [0, 0.05) is 24.2 Å². The smallest absolute Gasteiger partial charge is 0.250 e. The largest absolute Gasteiger partial charge is 0.378 e. The van der Waals surface area contributed by atoms with Gasteiger partial charge in [-0.25, -0.2) is 5.43 Å². The highest BCUT2D eigenvalue weighted by Crippen LogP contribution is 2.26. The number of rotatable bonds is 6. The van der Waals surface area contributed by atoms with E-state index >= 15 is 0 Å². The maximum absolute atomic E-state index is 5.48. The van der Waals surface area contributed by atoms with Gasteiger partial charge < -0.3 is 15.0 Å². The fourth-order valence-corrected chi connectivity index (χ4v) is 3.72. The quantitative estimate of drug-likeness (QED) is 0.341. The van der Waals surface area contributed by atoms with E-state index in [0.717, 1.165) is 40.7 Å². The summed E-state index contributed by atoms with van der Waals surface area (Å²) in [5.74, 6) is 1.42. The van der Waals surface area contributed by atoms with Gasteiger partial charge in [-0.05, 0) is 29.5 Å². The van der Waals surface area contributed by atoms with Crippen molar-refractivity contribution in [3.05, 3.63) is 77.9 Å². The average molecular weight is 440 g/mol. The van der Waals surface area contributed by atoms with Crippen molar-refractivity contribution in [3.63, 3.8) is 0 Å². The van der Waals surface area contributed by atoms with Crippen LogP contribution in [0.15, 0.2) is 71.8 Å². The Kier molecular flexibility index (Phi) is 6.08. The van der Waals surface area contributed by atoms with Crippen LogP contribution in [0.1, 0.15) is 11.1 Å². The molecule has 1 aromatic heterocycles. The number of ether oxygens (including phenoxy) is 1. The highest BCUT2D eigenvalue weighted by atomic mass is 16.5. The van der Waals surface area contributed by atoms with Gasteiger partial charge in [0.25, 0.3) is 0 Å². The first-order chi connectivity index (χ1) is 16.3. The van der Waals surface area contributed by atoms with Crippen LogP contribution in [0.25, 0.3) is 10.8 Å². The summed E-state index contributed by atoms with van der Waals surface area (Å²) in [5, 5.41) is 9.97. The van der Waals surface area contributed by atoms with Crippen LogP contribution >= 0.6 is 0 Å². The minimum absolute atomic E-state index is 0.374. The van der Waals surface area contributed by atoms with E-state index in [9.17, 15) is 0 Å². The van der Waals surface area contributed by atoms with Crippen LogP contribution in [0.5, 0.6) is 0 Å². The van der Waals surface area contributed by atoms with Crippen molar-refractivity contribution < 1.29 is 4.74 Å². The van der Waals surface area contributed by atoms with E-state index in [1.807, 2.05) is 55.5 Å². The number of hydrazone groups is 1. The molecule has 0 spiro atoms. The third-order valence-electron chi connectivity index (χ3n) is 5.51. The molecule has 0 aliphatic carbocycles. The molecule has 0 radical (unpaired) electrons. The molecule has 0 bridgehead atoms. The first-order valence-electron chi connectivity index (χ1n) is 10.9. The summed E-state index contributed by atoms with van der Waals surface area (Å²) in [7, 11) is 0. The predicted molar refractivity (Wildman–Crippen MR) is 132 cm³/mol. The summed E-state index contributed by atoms with van der Waals surface area (Å²) in [6.45, 7) is 4.79. The second-order valence-corrected chi connectivity index (χ2v) is 7.76. The minimum Gasteiger partial charge on any atom is -0.378 e. The molecule has 166 valence electrons. The minimum atomic E-state index is 0.374. The normalized spacial score (nSPS) is 14.0. The average Bonchev–Trinajstić information content (AvgIpc) is 2.86. The van der Waals surface area contributed by atoms with Gasteiger partial charge in [0.15, 0.2) is 0 Å². The molecule has 0 amide bonds. The number of anilines is 4. The van der Waals surface area contributed by atoms with E-state index < -0.39 is 0 Å². The van der Waals surface area contributed by atoms with Gasteiger partial charge >= 0.3 is 0 Å². The summed E-state index contributed by atoms with van der Waals surface area (Å²) in [5.41, 5.74) is 6.08. The zero-order valence-electron chi connectivity index (χ0n) is 18.4. The summed E-state index contributed by atoms with van der Waals surface area (Å²) >= 11 is 0. The van der Waals surface area contributed by atoms with Gasteiger partial charge in [-0.15, -0.1) is 0 Å². The Morgan fingerprint density at radius 2 is 1.64 bits per heavy atom. The SMILES string of the molecule is Cc1ccccc1C=NNc1nc(Nc2cccc3ccccc23)nc(N2CCOCC2)n1. The van der Waals surface area contributed by atoms with Crippen molar-refractivity contribution in [1.29, 1.82) is 0 Å². The van der Waals surface area contributed by atoms with E-state index in [2.05, 4.69) is 53.9 Å². The number of hydrogen-bond donors (Lipinski definition) is 2. The zero-order valence-corrected chi connectivity index (χ0v) is 18.4. The van der Waals surface area contributed by atoms with Crippen molar-refractivity contribution in [2.24, 2.45) is 5.10 Å². The Bertz CT molecular complexity index is 1280. The monoisotopic (exact) mass is 439 g/mol. The summed E-state index contributed by atoms with van der Waals surface area (Å²) < 4.78 is 5.48. The molecule has 8 heteroatoms. The van der Waals surface area contributed by atoms with Crippen LogP contribution in [-0.2, 0) is 4.74 Å². The van der Waals surface area contributed by atoms with Crippen molar-refractivity contribution in [3.8, 4) is 0 Å². The Labute approximate surface area is 192 Å². The molecule has 0 atom stereocenters. The van der Waals surface area contributed by atoms with E-state index in [1.165, 1.54) is 0 Å². The van der Waals surface area contributed by atoms with Gasteiger partial charge in [0.05, 0.1) is 19.4 Å². The third-order valence-corrected chi connectivity index (χ3v) is 5.51. The molecule has 1 fully saturated rings. The highest BCUT2D eigenvalue weighted by molar-refractivity contribution is 5.95. The van der Waals surface area contributed by atoms with Crippen LogP contribution < -0.4 is 15.6 Å². The Morgan fingerprint density at radius 1 is 0.879 bits per heavy atom. The Hall–Kier alpha value is -4.04. The number of nitrogens with zero attached hydrogens (tertiary/aromatic N) is 5. The van der Waals surface area contributed by atoms with Crippen LogP contribution in [0.2, 0.25) is 0 Å². The van der Waals surface area contributed by atoms with Crippen molar-refractivity contribution in [1.82, 2.24) is 15.0 Å². The Balaban J connectivity index is 1.45. The number of hydrogen-bond acceptors (Lipinski definition) is 8. The molecule has 5 rings (SSSR count). The number of nitrogens with one attached hydrogen (secondary N) is 2. The molecular weight excluding hydrogens is 414 g/mol. The van der Waals surface area contributed by atoms with Crippen molar-refractivity contribution in [2.75, 3.05) is 41.9 Å². The van der Waals surface area contributed by atoms with E-state index in [4.69, 9.17) is 4.74 Å². The fourth-order valence-electron chi connectivity index (χ4n) is 3.72. The first-order valence-corrected chi connectivity index (χ1v) is 10.9. The molecule has 0 saturated carbocycles. The Morgan fingerprint density at radius 3 is 2.52 bits per heavy atom. The molecule has 33 heavy (non-hydrogen) atoms. The molecule has 3 aromatic carbocycles. The summed E-state index contributed by atoms with van der Waals surface area (Å²) in [4.78, 5) is 15.9.